The molecule has 0 spiro atoms. The summed E-state index contributed by atoms with van der Waals surface area (Å²) >= 11 is 1.31. The van der Waals surface area contributed by atoms with Gasteiger partial charge < -0.3 is 15.5 Å². The van der Waals surface area contributed by atoms with Crippen LogP contribution in [0.2, 0.25) is 0 Å². The number of halogens is 1. The second kappa shape index (κ2) is 8.40. The van der Waals surface area contributed by atoms with Crippen LogP contribution in [0.4, 0.5) is 26.6 Å². The van der Waals surface area contributed by atoms with Gasteiger partial charge in [0.05, 0.1) is 0 Å². The van der Waals surface area contributed by atoms with E-state index in [1.807, 2.05) is 29.2 Å². The van der Waals surface area contributed by atoms with Crippen molar-refractivity contribution in [2.45, 2.75) is 19.3 Å². The smallest absolute Gasteiger partial charge is 0.275 e. The average molecular weight is 410 g/mol. The highest BCUT2D eigenvalue weighted by Gasteiger charge is 2.19. The largest absolute Gasteiger partial charge is 0.332 e. The van der Waals surface area contributed by atoms with E-state index in [4.69, 9.17) is 0 Å². The molecule has 1 fully saturated rings. The maximum atomic E-state index is 13.0. The molecule has 1 aromatic heterocycles. The number of anilines is 4. The zero-order chi connectivity index (χ0) is 20.2. The van der Waals surface area contributed by atoms with E-state index in [0.717, 1.165) is 30.8 Å². The highest BCUT2D eigenvalue weighted by atomic mass is 32.1. The number of nitrogens with zero attached hydrogens (tertiary/aromatic N) is 2. The number of hydrogen-bond donors (Lipinski definition) is 2. The number of carbonyl (C=O) groups excluding carboxylic acids is 2. The third-order valence-electron chi connectivity index (χ3n) is 4.59. The van der Waals surface area contributed by atoms with Crippen molar-refractivity contribution in [3.8, 4) is 0 Å². The minimum absolute atomic E-state index is 0.161. The Morgan fingerprint density at radius 1 is 1.03 bits per heavy atom. The molecule has 3 aromatic rings. The first kappa shape index (κ1) is 19.1. The zero-order valence-corrected chi connectivity index (χ0v) is 16.3. The molecular formula is C21H19FN4O2S. The second-order valence-electron chi connectivity index (χ2n) is 6.67. The average Bonchev–Trinajstić information content (AvgIpc) is 3.19. The van der Waals surface area contributed by atoms with Crippen LogP contribution in [-0.2, 0) is 4.79 Å². The summed E-state index contributed by atoms with van der Waals surface area (Å²) < 4.78 is 13.0. The lowest BCUT2D eigenvalue weighted by molar-refractivity contribution is -0.119. The van der Waals surface area contributed by atoms with Crippen LogP contribution in [0.3, 0.4) is 0 Å². The molecule has 1 aliphatic heterocycles. The molecule has 0 bridgehead atoms. The fourth-order valence-electron chi connectivity index (χ4n) is 3.09. The molecule has 29 heavy (non-hydrogen) atoms. The second-order valence-corrected chi connectivity index (χ2v) is 7.53. The summed E-state index contributed by atoms with van der Waals surface area (Å²) in [4.78, 5) is 30.4. The first-order chi connectivity index (χ1) is 14.1. The molecule has 1 aliphatic rings. The van der Waals surface area contributed by atoms with Crippen LogP contribution in [0.25, 0.3) is 0 Å². The van der Waals surface area contributed by atoms with E-state index in [1.54, 1.807) is 5.38 Å². The predicted octanol–water partition coefficient (Wildman–Crippen LogP) is 4.80. The van der Waals surface area contributed by atoms with E-state index in [2.05, 4.69) is 15.6 Å². The number of aromatic nitrogens is 1. The standard InChI is InChI=1S/C21H19FN4O2S/c22-14-4-6-15(7-5-14)23-20(28)18-13-29-21(25-18)24-16-8-10-17(11-9-16)26-12-2-1-3-19(26)27/h4-11,13H,1-3,12H2,(H,23,28)(H,24,25). The molecule has 1 saturated heterocycles. The van der Waals surface area contributed by atoms with Crippen molar-refractivity contribution in [2.75, 3.05) is 22.1 Å². The summed E-state index contributed by atoms with van der Waals surface area (Å²) in [6, 6.07) is 13.1. The van der Waals surface area contributed by atoms with Gasteiger partial charge >= 0.3 is 0 Å². The molecule has 0 radical (unpaired) electrons. The Morgan fingerprint density at radius 3 is 2.48 bits per heavy atom. The Labute approximate surface area is 171 Å². The van der Waals surface area contributed by atoms with Gasteiger partial charge in [0.1, 0.15) is 11.5 Å². The fraction of sp³-hybridized carbons (Fsp3) is 0.190. The zero-order valence-electron chi connectivity index (χ0n) is 15.5. The maximum absolute atomic E-state index is 13.0. The molecule has 0 atom stereocenters. The Kier molecular flexibility index (Phi) is 5.53. The SMILES string of the molecule is O=C(Nc1ccc(F)cc1)c1csc(Nc2ccc(N3CCCCC3=O)cc2)n1. The van der Waals surface area contributed by atoms with Crippen molar-refractivity contribution >= 4 is 45.3 Å². The first-order valence-electron chi connectivity index (χ1n) is 9.28. The number of hydrogen-bond acceptors (Lipinski definition) is 5. The van der Waals surface area contributed by atoms with Crippen molar-refractivity contribution in [2.24, 2.45) is 0 Å². The molecule has 0 aliphatic carbocycles. The summed E-state index contributed by atoms with van der Waals surface area (Å²) in [5, 5.41) is 8.08. The first-order valence-corrected chi connectivity index (χ1v) is 10.2. The van der Waals surface area contributed by atoms with Gasteiger partial charge in [0, 0.05) is 35.4 Å². The number of nitrogens with one attached hydrogen (secondary N) is 2. The van der Waals surface area contributed by atoms with E-state index >= 15 is 0 Å². The summed E-state index contributed by atoms with van der Waals surface area (Å²) in [6.45, 7) is 0.755. The molecule has 148 valence electrons. The minimum atomic E-state index is -0.362. The summed E-state index contributed by atoms with van der Waals surface area (Å²) in [5.41, 5.74) is 2.48. The molecule has 4 rings (SSSR count). The van der Waals surface area contributed by atoms with Crippen molar-refractivity contribution in [1.82, 2.24) is 4.98 Å². The van der Waals surface area contributed by atoms with Gasteiger partial charge in [-0.1, -0.05) is 0 Å². The van der Waals surface area contributed by atoms with Crippen molar-refractivity contribution in [3.05, 3.63) is 65.4 Å². The molecule has 0 unspecified atom stereocenters. The van der Waals surface area contributed by atoms with E-state index in [0.29, 0.717) is 17.2 Å². The minimum Gasteiger partial charge on any atom is -0.332 e. The van der Waals surface area contributed by atoms with Crippen LogP contribution in [0, 0.1) is 5.82 Å². The molecule has 2 amide bonds. The number of rotatable bonds is 5. The molecular weight excluding hydrogens is 391 g/mol. The van der Waals surface area contributed by atoms with E-state index in [1.165, 1.54) is 35.6 Å². The molecule has 2 N–H and O–H groups in total. The lowest BCUT2D eigenvalue weighted by atomic mass is 10.1. The van der Waals surface area contributed by atoms with Gasteiger partial charge in [0.2, 0.25) is 5.91 Å². The van der Waals surface area contributed by atoms with Gasteiger partial charge in [-0.05, 0) is 61.4 Å². The lowest BCUT2D eigenvalue weighted by Crippen LogP contribution is -2.35. The third-order valence-corrected chi connectivity index (χ3v) is 5.35. The van der Waals surface area contributed by atoms with Crippen LogP contribution >= 0.6 is 11.3 Å². The number of carbonyl (C=O) groups is 2. The summed E-state index contributed by atoms with van der Waals surface area (Å²) in [7, 11) is 0. The molecule has 2 aromatic carbocycles. The van der Waals surface area contributed by atoms with E-state index in [-0.39, 0.29) is 23.3 Å². The van der Waals surface area contributed by atoms with Gasteiger partial charge in [-0.15, -0.1) is 11.3 Å². The van der Waals surface area contributed by atoms with Gasteiger partial charge in [0.15, 0.2) is 5.13 Å². The fourth-order valence-corrected chi connectivity index (χ4v) is 3.80. The number of piperidine rings is 1. The summed E-state index contributed by atoms with van der Waals surface area (Å²) in [6.07, 6.45) is 2.57. The van der Waals surface area contributed by atoms with Crippen molar-refractivity contribution < 1.29 is 14.0 Å². The van der Waals surface area contributed by atoms with Gasteiger partial charge in [-0.25, -0.2) is 9.37 Å². The topological polar surface area (TPSA) is 74.3 Å². The van der Waals surface area contributed by atoms with Crippen LogP contribution in [0.1, 0.15) is 29.8 Å². The Hall–Kier alpha value is -3.26. The van der Waals surface area contributed by atoms with Crippen molar-refractivity contribution in [3.63, 3.8) is 0 Å². The lowest BCUT2D eigenvalue weighted by Gasteiger charge is -2.26. The Balaban J connectivity index is 1.39. The quantitative estimate of drug-likeness (QED) is 0.634. The van der Waals surface area contributed by atoms with E-state index in [9.17, 15) is 14.0 Å². The van der Waals surface area contributed by atoms with Crippen LogP contribution in [0.5, 0.6) is 0 Å². The molecule has 0 saturated carbocycles. The summed E-state index contributed by atoms with van der Waals surface area (Å²) in [5.74, 6) is -0.563. The van der Waals surface area contributed by atoms with Gasteiger partial charge in [0.25, 0.3) is 5.91 Å². The molecule has 2 heterocycles. The molecule has 6 nitrogen and oxygen atoms in total. The maximum Gasteiger partial charge on any atom is 0.275 e. The van der Waals surface area contributed by atoms with Crippen LogP contribution in [0.15, 0.2) is 53.9 Å². The monoisotopic (exact) mass is 410 g/mol. The highest BCUT2D eigenvalue weighted by Crippen LogP contribution is 2.26. The Bertz CT molecular complexity index is 1020. The van der Waals surface area contributed by atoms with E-state index < -0.39 is 0 Å². The number of benzene rings is 2. The Morgan fingerprint density at radius 2 is 1.76 bits per heavy atom. The number of thiazole rings is 1. The predicted molar refractivity (Wildman–Crippen MR) is 112 cm³/mol. The molecule has 8 heteroatoms. The van der Waals surface area contributed by atoms with Crippen molar-refractivity contribution in [1.29, 1.82) is 0 Å². The highest BCUT2D eigenvalue weighted by molar-refractivity contribution is 7.14. The normalized spacial score (nSPS) is 14.0. The van der Waals surface area contributed by atoms with Crippen LogP contribution in [-0.4, -0.2) is 23.3 Å². The van der Waals surface area contributed by atoms with Gasteiger partial charge in [-0.2, -0.15) is 0 Å². The number of amides is 2. The third kappa shape index (κ3) is 4.60. The van der Waals surface area contributed by atoms with Gasteiger partial charge in [-0.3, -0.25) is 9.59 Å². The van der Waals surface area contributed by atoms with Crippen LogP contribution < -0.4 is 15.5 Å².